The summed E-state index contributed by atoms with van der Waals surface area (Å²) in [6.07, 6.45) is -2.22. The summed E-state index contributed by atoms with van der Waals surface area (Å²) in [4.78, 5) is 44.5. The van der Waals surface area contributed by atoms with Crippen LogP contribution in [0.3, 0.4) is 0 Å². The molecule has 204 valence electrons. The van der Waals surface area contributed by atoms with E-state index in [0.29, 0.717) is 6.42 Å². The van der Waals surface area contributed by atoms with Crippen LogP contribution in [0.2, 0.25) is 0 Å². The first-order valence-corrected chi connectivity index (χ1v) is 13.0. The summed E-state index contributed by atoms with van der Waals surface area (Å²) in [7, 11) is -3.23. The maximum atomic E-state index is 15.5. The highest BCUT2D eigenvalue weighted by Gasteiger charge is 2.55. The van der Waals surface area contributed by atoms with E-state index < -0.39 is 62.2 Å². The van der Waals surface area contributed by atoms with Crippen LogP contribution in [0, 0.1) is 0 Å². The van der Waals surface area contributed by atoms with Gasteiger partial charge in [-0.3, -0.25) is 28.5 Å². The van der Waals surface area contributed by atoms with Gasteiger partial charge in [-0.15, -0.1) is 0 Å². The third-order valence-corrected chi connectivity index (χ3v) is 7.05. The van der Waals surface area contributed by atoms with Gasteiger partial charge in [-0.2, -0.15) is 0 Å². The summed E-state index contributed by atoms with van der Waals surface area (Å²) >= 11 is 0. The number of rotatable bonds is 12. The average Bonchev–Trinajstić information content (AvgIpc) is 3.08. The quantitative estimate of drug-likeness (QED) is 0.176. The van der Waals surface area contributed by atoms with Crippen molar-refractivity contribution in [3.8, 4) is 5.75 Å². The van der Waals surface area contributed by atoms with Crippen LogP contribution >= 0.6 is 8.18 Å². The second-order valence-corrected chi connectivity index (χ2v) is 9.82. The lowest BCUT2D eigenvalue weighted by atomic mass is 9.98. The van der Waals surface area contributed by atoms with E-state index in [0.717, 1.165) is 35.0 Å². The molecule has 37 heavy (non-hydrogen) atoms. The van der Waals surface area contributed by atoms with Gasteiger partial charge in [0.2, 0.25) is 0 Å². The summed E-state index contributed by atoms with van der Waals surface area (Å²) in [5.74, 6) is -0.457. The third kappa shape index (κ3) is 6.93. The van der Waals surface area contributed by atoms with Gasteiger partial charge in [0.25, 0.3) is 5.56 Å². The fourth-order valence-corrected chi connectivity index (χ4v) is 4.64. The highest BCUT2D eigenvalue weighted by Crippen LogP contribution is 2.41. The Morgan fingerprint density at radius 3 is 2.68 bits per heavy atom. The largest absolute Gasteiger partial charge is 0.464 e. The smallest absolute Gasteiger partial charge is 0.331 e. The van der Waals surface area contributed by atoms with Gasteiger partial charge in [-0.25, -0.2) is 9.18 Å². The number of aromatic nitrogens is 2. The van der Waals surface area contributed by atoms with E-state index in [4.69, 9.17) is 18.8 Å². The first-order valence-electron chi connectivity index (χ1n) is 11.8. The van der Waals surface area contributed by atoms with Crippen molar-refractivity contribution in [1.29, 1.82) is 0 Å². The number of alkyl halides is 1. The molecule has 1 aromatic carbocycles. The van der Waals surface area contributed by atoms with Crippen LogP contribution in [0.25, 0.3) is 0 Å². The lowest BCUT2D eigenvalue weighted by Gasteiger charge is -2.27. The second-order valence-electron chi connectivity index (χ2n) is 8.64. The van der Waals surface area contributed by atoms with Gasteiger partial charge < -0.3 is 19.1 Å². The Morgan fingerprint density at radius 1 is 1.32 bits per heavy atom. The molecule has 1 saturated heterocycles. The number of hydrogen-bond donors (Lipinski definition) is 2. The maximum Gasteiger partial charge on any atom is 0.331 e. The zero-order chi connectivity index (χ0) is 27.2. The van der Waals surface area contributed by atoms with Gasteiger partial charge in [0, 0.05) is 12.3 Å². The Kier molecular flexibility index (Phi) is 9.80. The fourth-order valence-electron chi connectivity index (χ4n) is 3.61. The highest BCUT2D eigenvalue weighted by atomic mass is 31.1. The van der Waals surface area contributed by atoms with Gasteiger partial charge in [0.15, 0.2) is 11.9 Å². The van der Waals surface area contributed by atoms with Crippen molar-refractivity contribution in [3.05, 3.63) is 63.4 Å². The zero-order valence-electron chi connectivity index (χ0n) is 20.7. The molecule has 3 rings (SSSR count). The first-order chi connectivity index (χ1) is 17.6. The number of aromatic amines is 1. The molecule has 2 unspecified atom stereocenters. The minimum atomic E-state index is -3.23. The number of hydrogen-bond acceptors (Lipinski definition) is 9. The summed E-state index contributed by atoms with van der Waals surface area (Å²) in [5, 5.41) is 10.6. The lowest BCUT2D eigenvalue weighted by Crippen LogP contribution is -2.44. The molecule has 2 N–H and O–H groups in total. The molecule has 0 aliphatic carbocycles. The van der Waals surface area contributed by atoms with Crippen LogP contribution in [0.15, 0.2) is 52.2 Å². The van der Waals surface area contributed by atoms with Crippen molar-refractivity contribution in [2.45, 2.75) is 63.8 Å². The molecule has 6 atom stereocenters. The van der Waals surface area contributed by atoms with Crippen LogP contribution in [-0.2, 0) is 23.7 Å². The monoisotopic (exact) mass is 543 g/mol. The Bertz CT molecular complexity index is 1190. The SMILES string of the molecule is CCCCOC(=O)C(C)N(OC[C@H]1O[C@@H](n2ccc(=O)[nH]c2=O)[C@](C)(F)[C@@H]1O)[PH](=O)Oc1ccccc1. The van der Waals surface area contributed by atoms with Crippen LogP contribution in [0.4, 0.5) is 4.39 Å². The average molecular weight is 543 g/mol. The Morgan fingerprint density at radius 2 is 2.03 bits per heavy atom. The van der Waals surface area contributed by atoms with Gasteiger partial charge >= 0.3 is 19.8 Å². The zero-order valence-corrected chi connectivity index (χ0v) is 21.7. The number of carbonyl (C=O) groups excluding carboxylic acids is 1. The molecule has 0 radical (unpaired) electrons. The van der Waals surface area contributed by atoms with Gasteiger partial charge in [0.05, 0.1) is 13.2 Å². The van der Waals surface area contributed by atoms with E-state index in [1.165, 1.54) is 6.92 Å². The number of esters is 1. The van der Waals surface area contributed by atoms with E-state index in [2.05, 4.69) is 0 Å². The molecule has 0 spiro atoms. The number of nitrogens with one attached hydrogen (secondary N) is 1. The predicted molar refractivity (Wildman–Crippen MR) is 130 cm³/mol. The molecule has 0 bridgehead atoms. The number of nitrogens with zero attached hydrogens (tertiary/aromatic N) is 2. The molecule has 0 saturated carbocycles. The van der Waals surface area contributed by atoms with E-state index in [9.17, 15) is 24.1 Å². The molecule has 1 aliphatic rings. The Hall–Kier alpha value is -2.83. The number of hydroxylamine groups is 1. The summed E-state index contributed by atoms with van der Waals surface area (Å²) < 4.78 is 45.6. The normalized spacial score (nSPS) is 25.1. The molecule has 2 heterocycles. The number of para-hydroxylation sites is 1. The molecule has 2 aromatic rings. The summed E-state index contributed by atoms with van der Waals surface area (Å²) in [6, 6.07) is 8.04. The molecule has 1 fully saturated rings. The Balaban J connectivity index is 1.77. The van der Waals surface area contributed by atoms with E-state index in [1.54, 1.807) is 30.3 Å². The van der Waals surface area contributed by atoms with E-state index in [1.807, 2.05) is 11.9 Å². The number of H-pyrrole nitrogens is 1. The van der Waals surface area contributed by atoms with Crippen LogP contribution in [0.1, 0.15) is 39.8 Å². The molecule has 14 heteroatoms. The highest BCUT2D eigenvalue weighted by molar-refractivity contribution is 7.36. The van der Waals surface area contributed by atoms with Crippen molar-refractivity contribution < 1.29 is 37.7 Å². The summed E-state index contributed by atoms with van der Waals surface area (Å²) in [5.41, 5.74) is -4.07. The van der Waals surface area contributed by atoms with Crippen molar-refractivity contribution in [2.24, 2.45) is 0 Å². The Labute approximate surface area is 212 Å². The number of benzene rings is 1. The number of aliphatic hydroxyl groups excluding tert-OH is 1. The predicted octanol–water partition coefficient (Wildman–Crippen LogP) is 1.96. The van der Waals surface area contributed by atoms with Crippen molar-refractivity contribution >= 4 is 14.1 Å². The molecule has 12 nitrogen and oxygen atoms in total. The molecular formula is C23H31FN3O9P. The van der Waals surface area contributed by atoms with Crippen LogP contribution < -0.4 is 15.8 Å². The number of unbranched alkanes of at least 4 members (excludes halogenated alkanes) is 1. The molecule has 1 aromatic heterocycles. The molecular weight excluding hydrogens is 512 g/mol. The number of halogens is 1. The standard InChI is InChI=1S/C23H31FN3O9P/c1-4-5-13-33-20(30)15(2)27(37(32)36-16-9-7-6-8-10-16)34-14-17-19(29)23(3,24)21(35-17)26-12-11-18(28)25-22(26)31/h6-12,15,17,19,21,29,37H,4-5,13-14H2,1-3H3,(H,25,28,31)/t15?,17-,19-,21-,23-/m1/s1. The minimum absolute atomic E-state index is 0.161. The van der Waals surface area contributed by atoms with Gasteiger partial charge in [0.1, 0.15) is 24.0 Å². The van der Waals surface area contributed by atoms with Gasteiger partial charge in [-0.1, -0.05) is 36.4 Å². The maximum absolute atomic E-state index is 15.5. The molecule has 1 aliphatic heterocycles. The lowest BCUT2D eigenvalue weighted by molar-refractivity contribution is -0.181. The van der Waals surface area contributed by atoms with Gasteiger partial charge in [-0.05, 0) is 32.4 Å². The fraction of sp³-hybridized carbons (Fsp3) is 0.522. The van der Waals surface area contributed by atoms with E-state index in [-0.39, 0.29) is 12.4 Å². The summed E-state index contributed by atoms with van der Waals surface area (Å²) in [6.45, 7) is 3.98. The van der Waals surface area contributed by atoms with Crippen LogP contribution in [-0.4, -0.2) is 62.6 Å². The minimum Gasteiger partial charge on any atom is -0.464 e. The first kappa shape index (κ1) is 28.7. The second kappa shape index (κ2) is 12.6. The molecule has 0 amide bonds. The van der Waals surface area contributed by atoms with Crippen molar-refractivity contribution in [3.63, 3.8) is 0 Å². The number of ether oxygens (including phenoxy) is 2. The number of carbonyl (C=O) groups is 1. The topological polar surface area (TPSA) is 149 Å². The third-order valence-electron chi connectivity index (χ3n) is 5.76. The number of aliphatic hydroxyl groups is 1. The van der Waals surface area contributed by atoms with Crippen molar-refractivity contribution in [2.75, 3.05) is 13.2 Å². The van der Waals surface area contributed by atoms with Crippen molar-refractivity contribution in [1.82, 2.24) is 14.4 Å². The van der Waals surface area contributed by atoms with Crippen LogP contribution in [0.5, 0.6) is 5.75 Å². The van der Waals surface area contributed by atoms with E-state index >= 15 is 4.39 Å².